The van der Waals surface area contributed by atoms with Gasteiger partial charge in [0.15, 0.2) is 0 Å². The van der Waals surface area contributed by atoms with E-state index in [-0.39, 0.29) is 17.0 Å². The molecule has 2 aromatic heterocycles. The Morgan fingerprint density at radius 3 is 2.68 bits per heavy atom. The first-order valence-electron chi connectivity index (χ1n) is 11.4. The van der Waals surface area contributed by atoms with Crippen LogP contribution in [0.1, 0.15) is 45.7 Å². The van der Waals surface area contributed by atoms with Gasteiger partial charge in [0.25, 0.3) is 5.91 Å². The summed E-state index contributed by atoms with van der Waals surface area (Å²) < 4.78 is 0. The van der Waals surface area contributed by atoms with Crippen LogP contribution in [-0.4, -0.2) is 39.5 Å². The fourth-order valence-corrected chi connectivity index (χ4v) is 4.22. The Morgan fingerprint density at radius 2 is 1.91 bits per heavy atom. The summed E-state index contributed by atoms with van der Waals surface area (Å²) in [5.41, 5.74) is 4.28. The Kier molecular flexibility index (Phi) is 7.75. The van der Waals surface area contributed by atoms with Crippen molar-refractivity contribution in [3.8, 4) is 0 Å². The number of hydrogen-bond donors (Lipinski definition) is 3. The van der Waals surface area contributed by atoms with Crippen LogP contribution >= 0.6 is 11.6 Å². The van der Waals surface area contributed by atoms with E-state index in [1.807, 2.05) is 12.1 Å². The predicted molar refractivity (Wildman–Crippen MR) is 131 cm³/mol. The molecular weight excluding hydrogens is 452 g/mol. The van der Waals surface area contributed by atoms with Gasteiger partial charge in [-0.3, -0.25) is 9.78 Å². The molecule has 4 rings (SSSR count). The second-order valence-corrected chi connectivity index (χ2v) is 8.81. The number of aliphatic carboxylic acids is 1. The van der Waals surface area contributed by atoms with E-state index in [2.05, 4.69) is 27.8 Å². The zero-order chi connectivity index (χ0) is 23.9. The Hall–Kier alpha value is -3.45. The summed E-state index contributed by atoms with van der Waals surface area (Å²) in [6, 6.07) is 13.5. The van der Waals surface area contributed by atoms with Gasteiger partial charge < -0.3 is 15.7 Å². The largest absolute Gasteiger partial charge is 0.480 e. The van der Waals surface area contributed by atoms with Crippen LogP contribution in [0.2, 0.25) is 5.02 Å². The lowest BCUT2D eigenvalue weighted by molar-refractivity contribution is -0.139. The topological polar surface area (TPSA) is 104 Å². The highest BCUT2D eigenvalue weighted by Crippen LogP contribution is 2.20. The highest BCUT2D eigenvalue weighted by molar-refractivity contribution is 6.33. The lowest BCUT2D eigenvalue weighted by Gasteiger charge is -2.17. The number of fused-ring (bicyclic) bond motifs is 1. The molecule has 1 aliphatic rings. The van der Waals surface area contributed by atoms with Gasteiger partial charge in [0, 0.05) is 30.6 Å². The van der Waals surface area contributed by atoms with Gasteiger partial charge in [0.2, 0.25) is 0 Å². The number of carbonyl (C=O) groups excluding carboxylic acids is 1. The van der Waals surface area contributed by atoms with E-state index >= 15 is 0 Å². The van der Waals surface area contributed by atoms with E-state index in [1.165, 1.54) is 5.56 Å². The Bertz CT molecular complexity index is 1170. The van der Waals surface area contributed by atoms with E-state index < -0.39 is 17.9 Å². The number of amides is 1. The van der Waals surface area contributed by atoms with E-state index in [4.69, 9.17) is 16.6 Å². The van der Waals surface area contributed by atoms with Crippen LogP contribution < -0.4 is 10.6 Å². The Labute approximate surface area is 203 Å². The third kappa shape index (κ3) is 6.11. The molecule has 0 bridgehead atoms. The predicted octanol–water partition coefficient (Wildman–Crippen LogP) is 4.09. The van der Waals surface area contributed by atoms with Gasteiger partial charge >= 0.3 is 5.97 Å². The van der Waals surface area contributed by atoms with E-state index in [0.29, 0.717) is 5.69 Å². The van der Waals surface area contributed by atoms with Crippen molar-refractivity contribution in [3.05, 3.63) is 87.8 Å². The van der Waals surface area contributed by atoms with Crippen LogP contribution in [0.15, 0.2) is 54.7 Å². The van der Waals surface area contributed by atoms with Crippen molar-refractivity contribution in [2.75, 3.05) is 11.9 Å². The van der Waals surface area contributed by atoms with Gasteiger partial charge in [-0.25, -0.2) is 9.78 Å². The normalized spacial score (nSPS) is 13.4. The molecule has 0 unspecified atom stereocenters. The summed E-state index contributed by atoms with van der Waals surface area (Å²) in [4.78, 5) is 33.3. The molecule has 1 aliphatic heterocycles. The van der Waals surface area contributed by atoms with E-state index in [0.717, 1.165) is 55.7 Å². The highest BCUT2D eigenvalue weighted by atomic mass is 35.5. The Morgan fingerprint density at radius 1 is 1.09 bits per heavy atom. The number of halogens is 1. The molecule has 8 heteroatoms. The van der Waals surface area contributed by atoms with Crippen molar-refractivity contribution >= 4 is 29.3 Å². The molecule has 176 valence electrons. The number of rotatable bonds is 9. The highest BCUT2D eigenvalue weighted by Gasteiger charge is 2.22. The summed E-state index contributed by atoms with van der Waals surface area (Å²) in [5, 5.41) is 15.7. The first-order chi connectivity index (χ1) is 16.5. The maximum Gasteiger partial charge on any atom is 0.326 e. The summed E-state index contributed by atoms with van der Waals surface area (Å²) in [6.07, 6.45) is 6.76. The van der Waals surface area contributed by atoms with Crippen LogP contribution in [-0.2, 0) is 30.5 Å². The number of hydrogen-bond acceptors (Lipinski definition) is 5. The monoisotopic (exact) mass is 478 g/mol. The smallest absolute Gasteiger partial charge is 0.326 e. The molecular formula is C26H27ClN4O3. The molecule has 1 atom stereocenters. The average molecular weight is 479 g/mol. The molecule has 0 spiro atoms. The van der Waals surface area contributed by atoms with Crippen molar-refractivity contribution in [2.24, 2.45) is 0 Å². The third-order valence-electron chi connectivity index (χ3n) is 5.87. The Balaban J connectivity index is 1.30. The van der Waals surface area contributed by atoms with Crippen molar-refractivity contribution in [1.29, 1.82) is 0 Å². The standard InChI is InChI=1S/C26H27ClN4O3/c27-22-9-2-1-8-21(22)25(32)31-23(26(33)34)15-20-12-10-17(16-29-20)5-3-7-19-13-11-18-6-4-14-28-24(18)30-19/h1-2,8-13,16,23H,3-7,14-15H2,(H,28,30)(H,31,32)(H,33,34)/t23-/m0/s1. The summed E-state index contributed by atoms with van der Waals surface area (Å²) >= 11 is 6.04. The number of benzene rings is 1. The second-order valence-electron chi connectivity index (χ2n) is 8.40. The molecule has 0 saturated carbocycles. The quantitative estimate of drug-likeness (QED) is 0.428. The van der Waals surface area contributed by atoms with Crippen LogP contribution in [0.25, 0.3) is 0 Å². The SMILES string of the molecule is O=C(N[C@@H](Cc1ccc(CCCc2ccc3c(n2)NCCC3)cn1)C(=O)O)c1ccccc1Cl. The van der Waals surface area contributed by atoms with Gasteiger partial charge in [0.1, 0.15) is 11.9 Å². The number of carboxylic acids is 1. The zero-order valence-corrected chi connectivity index (χ0v) is 19.5. The lowest BCUT2D eigenvalue weighted by atomic mass is 10.0. The minimum Gasteiger partial charge on any atom is -0.480 e. The molecule has 1 aromatic carbocycles. The minimum atomic E-state index is -1.13. The van der Waals surface area contributed by atoms with Crippen molar-refractivity contribution in [2.45, 2.75) is 44.6 Å². The molecule has 3 N–H and O–H groups in total. The number of carboxylic acid groups (broad SMARTS) is 1. The summed E-state index contributed by atoms with van der Waals surface area (Å²) in [6.45, 7) is 0.980. The van der Waals surface area contributed by atoms with Gasteiger partial charge in [-0.1, -0.05) is 35.9 Å². The maximum atomic E-state index is 12.5. The zero-order valence-electron chi connectivity index (χ0n) is 18.8. The van der Waals surface area contributed by atoms with E-state index in [1.54, 1.807) is 30.5 Å². The van der Waals surface area contributed by atoms with Gasteiger partial charge in [-0.2, -0.15) is 0 Å². The van der Waals surface area contributed by atoms with Crippen LogP contribution in [0.3, 0.4) is 0 Å². The third-order valence-corrected chi connectivity index (χ3v) is 6.20. The summed E-state index contributed by atoms with van der Waals surface area (Å²) in [5.74, 6) is -0.636. The lowest BCUT2D eigenvalue weighted by Crippen LogP contribution is -2.42. The first kappa shape index (κ1) is 23.7. The van der Waals surface area contributed by atoms with Crippen molar-refractivity contribution in [3.63, 3.8) is 0 Å². The molecule has 7 nitrogen and oxygen atoms in total. The molecule has 1 amide bonds. The number of aromatic nitrogens is 2. The van der Waals surface area contributed by atoms with Crippen LogP contribution in [0, 0.1) is 0 Å². The number of anilines is 1. The van der Waals surface area contributed by atoms with Crippen molar-refractivity contribution in [1.82, 2.24) is 15.3 Å². The molecule has 0 radical (unpaired) electrons. The number of aryl methyl sites for hydroxylation is 3. The number of carbonyl (C=O) groups is 2. The molecule has 0 aliphatic carbocycles. The fraction of sp³-hybridized carbons (Fsp3) is 0.308. The number of nitrogens with one attached hydrogen (secondary N) is 2. The minimum absolute atomic E-state index is 0.0812. The van der Waals surface area contributed by atoms with Gasteiger partial charge in [-0.05, 0) is 67.5 Å². The molecule has 0 fully saturated rings. The van der Waals surface area contributed by atoms with E-state index in [9.17, 15) is 14.7 Å². The number of pyridine rings is 2. The van der Waals surface area contributed by atoms with Gasteiger partial charge in [-0.15, -0.1) is 0 Å². The molecule has 3 aromatic rings. The summed E-state index contributed by atoms with van der Waals surface area (Å²) in [7, 11) is 0. The molecule has 3 heterocycles. The fourth-order valence-electron chi connectivity index (χ4n) is 4.00. The first-order valence-corrected chi connectivity index (χ1v) is 11.8. The average Bonchev–Trinajstić information content (AvgIpc) is 2.84. The molecule has 34 heavy (non-hydrogen) atoms. The second kappa shape index (κ2) is 11.1. The molecule has 0 saturated heterocycles. The maximum absolute atomic E-state index is 12.5. The number of nitrogens with zero attached hydrogens (tertiary/aromatic N) is 2. The van der Waals surface area contributed by atoms with Crippen molar-refractivity contribution < 1.29 is 14.7 Å². The van der Waals surface area contributed by atoms with Crippen LogP contribution in [0.4, 0.5) is 5.82 Å². The van der Waals surface area contributed by atoms with Crippen LogP contribution in [0.5, 0.6) is 0 Å². The van der Waals surface area contributed by atoms with Gasteiger partial charge in [0.05, 0.1) is 10.6 Å².